The first kappa shape index (κ1) is 14.1. The van der Waals surface area contributed by atoms with E-state index in [1.54, 1.807) is 0 Å². The van der Waals surface area contributed by atoms with Gasteiger partial charge in [-0.05, 0) is 31.0 Å². The zero-order valence-electron chi connectivity index (χ0n) is 10.6. The molecule has 0 saturated carbocycles. The summed E-state index contributed by atoms with van der Waals surface area (Å²) in [5, 5.41) is 9.66. The van der Waals surface area contributed by atoms with Crippen LogP contribution in [0.2, 0.25) is 18.1 Å². The van der Waals surface area contributed by atoms with Crippen molar-refractivity contribution in [3.8, 4) is 0 Å². The maximum absolute atomic E-state index is 9.39. The molecule has 0 saturated heterocycles. The van der Waals surface area contributed by atoms with Crippen molar-refractivity contribution in [2.75, 3.05) is 6.61 Å². The third kappa shape index (κ3) is 4.58. The fraction of sp³-hybridized carbons (Fsp3) is 1.00. The Morgan fingerprint density at radius 3 is 2.14 bits per heavy atom. The van der Waals surface area contributed by atoms with Gasteiger partial charge in [0.25, 0.3) is 0 Å². The molecule has 0 bridgehead atoms. The van der Waals surface area contributed by atoms with Crippen molar-refractivity contribution < 1.29 is 9.53 Å². The minimum Gasteiger partial charge on any atom is -0.417 e. The third-order valence-corrected chi connectivity index (χ3v) is 7.73. The van der Waals surface area contributed by atoms with Crippen LogP contribution in [0.15, 0.2) is 0 Å². The van der Waals surface area contributed by atoms with Crippen LogP contribution in [0, 0.1) is 0 Å². The molecule has 1 N–H and O–H groups in total. The molecule has 0 aromatic rings. The van der Waals surface area contributed by atoms with Gasteiger partial charge in [0.2, 0.25) is 0 Å². The fourth-order valence-electron chi connectivity index (χ4n) is 0.871. The largest absolute Gasteiger partial charge is 0.417 e. The van der Waals surface area contributed by atoms with Gasteiger partial charge >= 0.3 is 0 Å². The second-order valence-corrected chi connectivity index (χ2v) is 10.3. The van der Waals surface area contributed by atoms with E-state index in [9.17, 15) is 5.11 Å². The van der Waals surface area contributed by atoms with Crippen LogP contribution in [0.3, 0.4) is 0 Å². The van der Waals surface area contributed by atoms with E-state index in [0.29, 0.717) is 6.61 Å². The molecule has 0 heterocycles. The summed E-state index contributed by atoms with van der Waals surface area (Å²) in [6, 6.07) is 0. The van der Waals surface area contributed by atoms with Crippen molar-refractivity contribution in [1.82, 2.24) is 0 Å². The first-order valence-electron chi connectivity index (χ1n) is 5.52. The Hall–Kier alpha value is 0.137. The minimum atomic E-state index is -1.60. The van der Waals surface area contributed by atoms with Gasteiger partial charge < -0.3 is 9.53 Å². The minimum absolute atomic E-state index is 0.195. The number of aliphatic hydroxyl groups excluding tert-OH is 1. The third-order valence-electron chi connectivity index (χ3n) is 3.19. The number of aliphatic hydroxyl groups is 1. The lowest BCUT2D eigenvalue weighted by Gasteiger charge is -2.36. The summed E-state index contributed by atoms with van der Waals surface area (Å²) in [6.07, 6.45) is 1.39. The zero-order valence-corrected chi connectivity index (χ0v) is 11.6. The summed E-state index contributed by atoms with van der Waals surface area (Å²) in [5.41, 5.74) is 0. The van der Waals surface area contributed by atoms with Crippen LogP contribution >= 0.6 is 0 Å². The summed E-state index contributed by atoms with van der Waals surface area (Å²) in [4.78, 5) is 0. The van der Waals surface area contributed by atoms with Gasteiger partial charge in [0.1, 0.15) is 0 Å². The lowest BCUT2D eigenvalue weighted by Crippen LogP contribution is -2.41. The fourth-order valence-corrected chi connectivity index (χ4v) is 1.93. The van der Waals surface area contributed by atoms with Crippen molar-refractivity contribution in [3.63, 3.8) is 0 Å². The average Bonchev–Trinajstić information content (AvgIpc) is 2.01. The van der Waals surface area contributed by atoms with Crippen LogP contribution in [0.4, 0.5) is 0 Å². The molecule has 0 aromatic heterocycles. The molecule has 86 valence electrons. The van der Waals surface area contributed by atoms with Gasteiger partial charge in [-0.25, -0.2) is 0 Å². The normalized spacial score (nSPS) is 15.6. The van der Waals surface area contributed by atoms with Crippen LogP contribution < -0.4 is 0 Å². The standard InChI is InChI=1S/C11H26O2Si/c1-7-10(12)8-9-13-14(5,6)11(2,3)4/h10,12H,7-9H2,1-6H3/t10-/m1/s1. The van der Waals surface area contributed by atoms with E-state index >= 15 is 0 Å². The monoisotopic (exact) mass is 218 g/mol. The Morgan fingerprint density at radius 2 is 1.79 bits per heavy atom. The first-order valence-corrected chi connectivity index (χ1v) is 8.43. The molecule has 1 atom stereocenters. The van der Waals surface area contributed by atoms with Gasteiger partial charge in [-0.2, -0.15) is 0 Å². The molecule has 0 radical (unpaired) electrons. The molecule has 0 aromatic carbocycles. The van der Waals surface area contributed by atoms with E-state index in [-0.39, 0.29) is 11.1 Å². The summed E-state index contributed by atoms with van der Waals surface area (Å²) >= 11 is 0. The van der Waals surface area contributed by atoms with Gasteiger partial charge in [-0.15, -0.1) is 0 Å². The molecule has 0 aliphatic heterocycles. The lowest BCUT2D eigenvalue weighted by atomic mass is 10.2. The van der Waals surface area contributed by atoms with Crippen molar-refractivity contribution in [2.45, 2.75) is 64.8 Å². The van der Waals surface area contributed by atoms with Crippen molar-refractivity contribution >= 4 is 8.32 Å². The van der Waals surface area contributed by atoms with E-state index in [2.05, 4.69) is 33.9 Å². The Labute approximate surface area is 89.8 Å². The molecule has 0 unspecified atom stereocenters. The predicted octanol–water partition coefficient (Wildman–Crippen LogP) is 3.17. The predicted molar refractivity (Wildman–Crippen MR) is 64.1 cm³/mol. The summed E-state index contributed by atoms with van der Waals surface area (Å²) < 4.78 is 5.95. The van der Waals surface area contributed by atoms with Gasteiger partial charge in [-0.3, -0.25) is 0 Å². The lowest BCUT2D eigenvalue weighted by molar-refractivity contribution is 0.131. The SMILES string of the molecule is CC[C@@H](O)CCO[Si](C)(C)C(C)(C)C. The molecule has 3 heteroatoms. The van der Waals surface area contributed by atoms with E-state index in [4.69, 9.17) is 4.43 Å². The van der Waals surface area contributed by atoms with E-state index < -0.39 is 8.32 Å². The highest BCUT2D eigenvalue weighted by Crippen LogP contribution is 2.36. The molecule has 0 spiro atoms. The number of hydrogen-bond acceptors (Lipinski definition) is 2. The van der Waals surface area contributed by atoms with E-state index in [1.807, 2.05) is 6.92 Å². The molecule has 0 aliphatic rings. The highest BCUT2D eigenvalue weighted by Gasteiger charge is 2.36. The smallest absolute Gasteiger partial charge is 0.191 e. The van der Waals surface area contributed by atoms with E-state index in [1.165, 1.54) is 0 Å². The summed E-state index contributed by atoms with van der Waals surface area (Å²) in [7, 11) is -1.60. The molecular weight excluding hydrogens is 192 g/mol. The second-order valence-electron chi connectivity index (χ2n) is 5.46. The first-order chi connectivity index (χ1) is 6.20. The molecule has 0 aliphatic carbocycles. The van der Waals surface area contributed by atoms with Crippen LogP contribution in [-0.2, 0) is 4.43 Å². The van der Waals surface area contributed by atoms with Crippen molar-refractivity contribution in [1.29, 1.82) is 0 Å². The Morgan fingerprint density at radius 1 is 1.29 bits per heavy atom. The van der Waals surface area contributed by atoms with Crippen molar-refractivity contribution in [3.05, 3.63) is 0 Å². The van der Waals surface area contributed by atoms with Crippen LogP contribution in [0.5, 0.6) is 0 Å². The van der Waals surface area contributed by atoms with Gasteiger partial charge in [0, 0.05) is 6.61 Å². The Bertz CT molecular complexity index is 161. The molecule has 14 heavy (non-hydrogen) atoms. The van der Waals surface area contributed by atoms with Gasteiger partial charge in [0.15, 0.2) is 8.32 Å². The zero-order chi connectivity index (χ0) is 11.4. The quantitative estimate of drug-likeness (QED) is 0.718. The topological polar surface area (TPSA) is 29.5 Å². The van der Waals surface area contributed by atoms with Gasteiger partial charge in [0.05, 0.1) is 6.10 Å². The maximum Gasteiger partial charge on any atom is 0.191 e. The molecule has 0 rings (SSSR count). The maximum atomic E-state index is 9.39. The van der Waals surface area contributed by atoms with Crippen LogP contribution in [0.1, 0.15) is 40.5 Å². The Balaban J connectivity index is 3.89. The number of rotatable bonds is 5. The molecule has 0 amide bonds. The molecule has 2 nitrogen and oxygen atoms in total. The Kier molecular flexibility index (Phi) is 5.34. The second kappa shape index (κ2) is 5.28. The highest BCUT2D eigenvalue weighted by atomic mass is 28.4. The van der Waals surface area contributed by atoms with Crippen molar-refractivity contribution in [2.24, 2.45) is 0 Å². The van der Waals surface area contributed by atoms with E-state index in [0.717, 1.165) is 12.8 Å². The summed E-state index contributed by atoms with van der Waals surface area (Å²) in [5.74, 6) is 0. The average molecular weight is 218 g/mol. The molecule has 0 fully saturated rings. The van der Waals surface area contributed by atoms with Crippen LogP contribution in [-0.4, -0.2) is 26.1 Å². The summed E-state index contributed by atoms with van der Waals surface area (Å²) in [6.45, 7) is 13.9. The van der Waals surface area contributed by atoms with Gasteiger partial charge in [-0.1, -0.05) is 27.7 Å². The molecular formula is C11H26O2Si. The number of hydrogen-bond donors (Lipinski definition) is 1. The van der Waals surface area contributed by atoms with Crippen LogP contribution in [0.25, 0.3) is 0 Å². The highest BCUT2D eigenvalue weighted by molar-refractivity contribution is 6.74.